The van der Waals surface area contributed by atoms with Crippen LogP contribution in [0.15, 0.2) is 18.2 Å². The number of carboxylic acid groups (broad SMARTS) is 1. The molecule has 1 atom stereocenters. The minimum Gasteiger partial charge on any atom is -0.477 e. The maximum atomic E-state index is 10.8. The second-order valence-electron chi connectivity index (χ2n) is 4.04. The number of carbonyl (C=O) groups is 1. The monoisotopic (exact) mass is 254 g/mol. The van der Waals surface area contributed by atoms with E-state index in [1.807, 2.05) is 13.1 Å². The number of pyridine rings is 1. The van der Waals surface area contributed by atoms with Crippen LogP contribution in [0.3, 0.4) is 0 Å². The molecule has 0 aliphatic heterocycles. The standard InChI is InChI=1S/C12H18N2O2S/c1-9(8-17-3)14(2)7-10-5-4-6-11(13-10)12(15)16/h4-6,9H,7-8H2,1-3H3,(H,15,16). The van der Waals surface area contributed by atoms with Crippen LogP contribution in [0.25, 0.3) is 0 Å². The van der Waals surface area contributed by atoms with Crippen LogP contribution in [0.4, 0.5) is 0 Å². The van der Waals surface area contributed by atoms with Crippen molar-refractivity contribution < 1.29 is 9.90 Å². The molecule has 94 valence electrons. The summed E-state index contributed by atoms with van der Waals surface area (Å²) in [4.78, 5) is 17.1. The molecule has 0 saturated heterocycles. The Kier molecular flexibility index (Phi) is 5.44. The predicted octanol–water partition coefficient (Wildman–Crippen LogP) is 1.96. The molecule has 0 radical (unpaired) electrons. The van der Waals surface area contributed by atoms with E-state index in [2.05, 4.69) is 23.1 Å². The highest BCUT2D eigenvalue weighted by Gasteiger charge is 2.11. The first kappa shape index (κ1) is 14.0. The summed E-state index contributed by atoms with van der Waals surface area (Å²) in [6.07, 6.45) is 2.08. The van der Waals surface area contributed by atoms with Crippen molar-refractivity contribution in [1.29, 1.82) is 0 Å². The van der Waals surface area contributed by atoms with E-state index < -0.39 is 5.97 Å². The van der Waals surface area contributed by atoms with E-state index in [1.165, 1.54) is 6.07 Å². The van der Waals surface area contributed by atoms with Gasteiger partial charge in [-0.1, -0.05) is 6.07 Å². The molecular formula is C12H18N2O2S. The summed E-state index contributed by atoms with van der Waals surface area (Å²) in [6, 6.07) is 5.55. The van der Waals surface area contributed by atoms with Crippen molar-refractivity contribution in [3.05, 3.63) is 29.6 Å². The molecule has 0 aromatic carbocycles. The van der Waals surface area contributed by atoms with Crippen LogP contribution in [-0.2, 0) is 6.54 Å². The topological polar surface area (TPSA) is 53.4 Å². The van der Waals surface area contributed by atoms with Crippen LogP contribution in [0.1, 0.15) is 23.1 Å². The van der Waals surface area contributed by atoms with Gasteiger partial charge in [0.15, 0.2) is 0 Å². The number of rotatable bonds is 6. The lowest BCUT2D eigenvalue weighted by Crippen LogP contribution is -2.30. The lowest BCUT2D eigenvalue weighted by atomic mass is 10.2. The molecule has 0 fully saturated rings. The highest BCUT2D eigenvalue weighted by atomic mass is 32.2. The molecule has 0 saturated carbocycles. The van der Waals surface area contributed by atoms with Crippen LogP contribution < -0.4 is 0 Å². The van der Waals surface area contributed by atoms with Gasteiger partial charge in [0.2, 0.25) is 0 Å². The van der Waals surface area contributed by atoms with E-state index in [1.54, 1.807) is 17.8 Å². The smallest absolute Gasteiger partial charge is 0.354 e. The van der Waals surface area contributed by atoms with Crippen molar-refractivity contribution in [2.75, 3.05) is 19.1 Å². The SMILES string of the molecule is CSCC(C)N(C)Cc1cccc(C(=O)O)n1. The van der Waals surface area contributed by atoms with Crippen LogP contribution in [0.2, 0.25) is 0 Å². The number of nitrogens with zero attached hydrogens (tertiary/aromatic N) is 2. The van der Waals surface area contributed by atoms with Gasteiger partial charge in [0.25, 0.3) is 0 Å². The average molecular weight is 254 g/mol. The number of aromatic nitrogens is 1. The van der Waals surface area contributed by atoms with Gasteiger partial charge < -0.3 is 5.11 Å². The van der Waals surface area contributed by atoms with Gasteiger partial charge in [-0.15, -0.1) is 0 Å². The fraction of sp³-hybridized carbons (Fsp3) is 0.500. The number of aromatic carboxylic acids is 1. The van der Waals surface area contributed by atoms with Gasteiger partial charge in [-0.25, -0.2) is 9.78 Å². The summed E-state index contributed by atoms with van der Waals surface area (Å²) in [5.41, 5.74) is 0.897. The zero-order valence-corrected chi connectivity index (χ0v) is 11.2. The zero-order chi connectivity index (χ0) is 12.8. The van der Waals surface area contributed by atoms with Gasteiger partial charge in [-0.3, -0.25) is 4.90 Å². The van der Waals surface area contributed by atoms with Gasteiger partial charge in [0, 0.05) is 18.3 Å². The number of hydrogen-bond donors (Lipinski definition) is 1. The Morgan fingerprint density at radius 1 is 1.59 bits per heavy atom. The van der Waals surface area contributed by atoms with Crippen LogP contribution in [0.5, 0.6) is 0 Å². The summed E-state index contributed by atoms with van der Waals surface area (Å²) in [6.45, 7) is 2.82. The van der Waals surface area contributed by atoms with Crippen molar-refractivity contribution in [3.8, 4) is 0 Å². The third kappa shape index (κ3) is 4.36. The van der Waals surface area contributed by atoms with Gasteiger partial charge in [0.05, 0.1) is 5.69 Å². The normalized spacial score (nSPS) is 12.7. The van der Waals surface area contributed by atoms with E-state index >= 15 is 0 Å². The summed E-state index contributed by atoms with van der Waals surface area (Å²) >= 11 is 1.80. The molecule has 0 bridgehead atoms. The number of thioether (sulfide) groups is 1. The minimum atomic E-state index is -0.980. The fourth-order valence-electron chi connectivity index (χ4n) is 1.47. The molecule has 0 aliphatic carbocycles. The number of carboxylic acids is 1. The van der Waals surface area contributed by atoms with Crippen molar-refractivity contribution in [2.24, 2.45) is 0 Å². The van der Waals surface area contributed by atoms with Crippen molar-refractivity contribution >= 4 is 17.7 Å². The molecule has 4 nitrogen and oxygen atoms in total. The lowest BCUT2D eigenvalue weighted by molar-refractivity contribution is 0.0690. The summed E-state index contributed by atoms with van der Waals surface area (Å²) in [5.74, 6) is 0.0708. The fourth-order valence-corrected chi connectivity index (χ4v) is 2.20. The quantitative estimate of drug-likeness (QED) is 0.841. The zero-order valence-electron chi connectivity index (χ0n) is 10.4. The van der Waals surface area contributed by atoms with Crippen molar-refractivity contribution in [1.82, 2.24) is 9.88 Å². The minimum absolute atomic E-state index is 0.105. The molecule has 0 spiro atoms. The van der Waals surface area contributed by atoms with Crippen LogP contribution in [0, 0.1) is 0 Å². The second kappa shape index (κ2) is 6.61. The lowest BCUT2D eigenvalue weighted by Gasteiger charge is -2.23. The Morgan fingerprint density at radius 2 is 2.29 bits per heavy atom. The third-order valence-electron chi connectivity index (χ3n) is 2.60. The van der Waals surface area contributed by atoms with E-state index in [4.69, 9.17) is 5.11 Å². The molecule has 17 heavy (non-hydrogen) atoms. The highest BCUT2D eigenvalue weighted by molar-refractivity contribution is 7.98. The Balaban J connectivity index is 2.68. The summed E-state index contributed by atoms with van der Waals surface area (Å²) < 4.78 is 0. The first-order chi connectivity index (χ1) is 8.04. The van der Waals surface area contributed by atoms with Crippen LogP contribution >= 0.6 is 11.8 Å². The molecule has 1 rings (SSSR count). The maximum absolute atomic E-state index is 10.8. The molecule has 1 unspecified atom stereocenters. The molecule has 0 aliphatic rings. The molecule has 0 amide bonds. The molecule has 5 heteroatoms. The van der Waals surface area contributed by atoms with Crippen molar-refractivity contribution in [3.63, 3.8) is 0 Å². The summed E-state index contributed by atoms with van der Waals surface area (Å²) in [5, 5.41) is 8.86. The van der Waals surface area contributed by atoms with Gasteiger partial charge >= 0.3 is 5.97 Å². The summed E-state index contributed by atoms with van der Waals surface area (Å²) in [7, 11) is 2.02. The van der Waals surface area contributed by atoms with E-state index in [0.29, 0.717) is 12.6 Å². The first-order valence-corrected chi connectivity index (χ1v) is 6.82. The second-order valence-corrected chi connectivity index (χ2v) is 4.95. The maximum Gasteiger partial charge on any atom is 0.354 e. The first-order valence-electron chi connectivity index (χ1n) is 5.43. The Labute approximate surface area is 106 Å². The van der Waals surface area contributed by atoms with E-state index in [0.717, 1.165) is 11.4 Å². The van der Waals surface area contributed by atoms with Gasteiger partial charge in [-0.2, -0.15) is 11.8 Å². The molecule has 1 heterocycles. The molecule has 1 aromatic heterocycles. The molecular weight excluding hydrogens is 236 g/mol. The predicted molar refractivity (Wildman–Crippen MR) is 70.5 cm³/mol. The largest absolute Gasteiger partial charge is 0.477 e. The number of hydrogen-bond acceptors (Lipinski definition) is 4. The van der Waals surface area contributed by atoms with Crippen LogP contribution in [-0.4, -0.2) is 46.1 Å². The van der Waals surface area contributed by atoms with Gasteiger partial charge in [-0.05, 0) is 32.4 Å². The van der Waals surface area contributed by atoms with Gasteiger partial charge in [0.1, 0.15) is 5.69 Å². The van der Waals surface area contributed by atoms with E-state index in [-0.39, 0.29) is 5.69 Å². The average Bonchev–Trinajstić information content (AvgIpc) is 2.29. The Morgan fingerprint density at radius 3 is 2.88 bits per heavy atom. The third-order valence-corrected chi connectivity index (χ3v) is 3.41. The molecule has 1 aromatic rings. The van der Waals surface area contributed by atoms with Crippen molar-refractivity contribution in [2.45, 2.75) is 19.5 Å². The molecule has 1 N–H and O–H groups in total. The van der Waals surface area contributed by atoms with E-state index in [9.17, 15) is 4.79 Å². The Hall–Kier alpha value is -1.07. The Bertz CT molecular complexity index is 385. The highest BCUT2D eigenvalue weighted by Crippen LogP contribution is 2.08.